The van der Waals surface area contributed by atoms with E-state index in [4.69, 9.17) is 21.4 Å². The van der Waals surface area contributed by atoms with E-state index in [9.17, 15) is 24.6 Å². The van der Waals surface area contributed by atoms with E-state index in [1.54, 1.807) is 72.5 Å². The predicted molar refractivity (Wildman–Crippen MR) is 212 cm³/mol. The van der Waals surface area contributed by atoms with Crippen LogP contribution < -0.4 is 9.64 Å². The lowest BCUT2D eigenvalue weighted by atomic mass is 9.51. The topological polar surface area (TPSA) is 142 Å². The Labute approximate surface area is 331 Å². The fourth-order valence-corrected chi connectivity index (χ4v) is 11.2. The van der Waals surface area contributed by atoms with Crippen molar-refractivity contribution in [2.24, 2.45) is 36.1 Å². The van der Waals surface area contributed by atoms with Crippen molar-refractivity contribution in [2.45, 2.75) is 39.0 Å². The molecule has 0 spiro atoms. The van der Waals surface area contributed by atoms with E-state index in [0.717, 1.165) is 31.7 Å². The van der Waals surface area contributed by atoms with Crippen molar-refractivity contribution in [3.05, 3.63) is 100 Å². The number of aryl methyl sites for hydroxylation is 2. The molecule has 4 amide bonds. The first-order chi connectivity index (χ1) is 26.8. The van der Waals surface area contributed by atoms with Crippen LogP contribution in [0.1, 0.15) is 42.4 Å². The summed E-state index contributed by atoms with van der Waals surface area (Å²) in [5, 5.41) is 27.6. The average Bonchev–Trinajstić information content (AvgIpc) is 3.85. The maximum absolute atomic E-state index is 15.1. The van der Waals surface area contributed by atoms with Crippen LogP contribution in [0.25, 0.3) is 20.7 Å². The smallest absolute Gasteiger partial charge is 0.242 e. The van der Waals surface area contributed by atoms with Gasteiger partial charge in [-0.15, -0.1) is 11.3 Å². The highest BCUT2D eigenvalue weighted by molar-refractivity contribution is 7.22. The van der Waals surface area contributed by atoms with Gasteiger partial charge in [0.2, 0.25) is 23.6 Å². The minimum Gasteiger partial charge on any atom is -0.508 e. The van der Waals surface area contributed by atoms with E-state index in [2.05, 4.69) is 0 Å². The number of thiophene rings is 1. The molecule has 0 radical (unpaired) electrons. The molecule has 2 aliphatic carbocycles. The second-order valence-corrected chi connectivity index (χ2v) is 17.0. The van der Waals surface area contributed by atoms with Crippen molar-refractivity contribution in [1.29, 1.82) is 0 Å². The zero-order chi connectivity index (χ0) is 39.4. The molecule has 11 nitrogen and oxygen atoms in total. The number of phenols is 2. The first-order valence-corrected chi connectivity index (χ1v) is 19.8. The monoisotopic (exact) mass is 790 g/mol. The van der Waals surface area contributed by atoms with Crippen LogP contribution in [0.5, 0.6) is 17.2 Å². The number of imide groups is 2. The Morgan fingerprint density at radius 3 is 2.48 bits per heavy atom. The lowest BCUT2D eigenvalue weighted by Crippen LogP contribution is -2.49. The molecule has 13 heteroatoms. The molecule has 5 aromatic rings. The summed E-state index contributed by atoms with van der Waals surface area (Å²) < 4.78 is 8.16. The third-order valence-electron chi connectivity index (χ3n) is 12.7. The molecule has 3 fully saturated rings. The Kier molecular flexibility index (Phi) is 8.44. The summed E-state index contributed by atoms with van der Waals surface area (Å²) >= 11 is 7.88. The number of fused-ring (bicyclic) bond motifs is 5. The molecular weight excluding hydrogens is 752 g/mol. The molecule has 0 bridgehead atoms. The number of anilines is 1. The van der Waals surface area contributed by atoms with E-state index >= 15 is 4.79 Å². The zero-order valence-electron chi connectivity index (χ0n) is 31.2. The molecule has 3 aromatic carbocycles. The van der Waals surface area contributed by atoms with E-state index in [-0.39, 0.29) is 42.7 Å². The fourth-order valence-electron chi connectivity index (χ4n) is 9.87. The highest BCUT2D eigenvalue weighted by atomic mass is 35.5. The number of carbonyl (C=O) groups is 4. The SMILES string of the molecule is COc1ccc(O)c(C2C3=CCC4C(=O)N(CCc5ccc(O)cc5)C(=O)C4C3CC3C(=O)N(c4cc(-c5sc6ccc(Cl)cc6c5C)nn4C)C(=O)C32C)c1. The number of aromatic nitrogens is 2. The molecule has 56 heavy (non-hydrogen) atoms. The minimum absolute atomic E-state index is 0.0642. The number of benzene rings is 3. The third kappa shape index (κ3) is 5.25. The van der Waals surface area contributed by atoms with Gasteiger partial charge in [-0.2, -0.15) is 5.10 Å². The van der Waals surface area contributed by atoms with Crippen molar-refractivity contribution in [2.75, 3.05) is 18.6 Å². The van der Waals surface area contributed by atoms with Crippen LogP contribution in [0.15, 0.2) is 78.4 Å². The van der Waals surface area contributed by atoms with Gasteiger partial charge in [0.15, 0.2) is 0 Å². The van der Waals surface area contributed by atoms with Crippen LogP contribution >= 0.6 is 22.9 Å². The van der Waals surface area contributed by atoms with E-state index in [1.807, 2.05) is 31.2 Å². The van der Waals surface area contributed by atoms with Crippen LogP contribution in [0, 0.1) is 36.0 Å². The Hall–Kier alpha value is -5.46. The van der Waals surface area contributed by atoms with Gasteiger partial charge >= 0.3 is 0 Å². The molecule has 286 valence electrons. The van der Waals surface area contributed by atoms with Crippen LogP contribution in [-0.2, 0) is 32.6 Å². The molecule has 1 saturated carbocycles. The maximum atomic E-state index is 15.1. The number of aromatic hydroxyl groups is 2. The van der Waals surface area contributed by atoms with Gasteiger partial charge in [0, 0.05) is 40.9 Å². The molecule has 6 atom stereocenters. The number of carbonyl (C=O) groups excluding carboxylic acids is 4. The van der Waals surface area contributed by atoms with Crippen molar-refractivity contribution in [3.63, 3.8) is 0 Å². The molecule has 2 N–H and O–H groups in total. The molecule has 4 heterocycles. The number of methoxy groups -OCH3 is 1. The zero-order valence-corrected chi connectivity index (χ0v) is 32.7. The number of phenolic OH excluding ortho intramolecular Hbond substituents is 2. The van der Waals surface area contributed by atoms with Crippen LogP contribution in [0.4, 0.5) is 5.82 Å². The van der Waals surface area contributed by atoms with Gasteiger partial charge in [0.25, 0.3) is 0 Å². The van der Waals surface area contributed by atoms with Crippen molar-refractivity contribution < 1.29 is 34.1 Å². The molecule has 2 aliphatic heterocycles. The lowest BCUT2D eigenvalue weighted by molar-refractivity contribution is -0.140. The predicted octanol–water partition coefficient (Wildman–Crippen LogP) is 7.16. The molecule has 4 aliphatic rings. The van der Waals surface area contributed by atoms with Crippen molar-refractivity contribution in [3.8, 4) is 27.8 Å². The highest BCUT2D eigenvalue weighted by Gasteiger charge is 2.68. The van der Waals surface area contributed by atoms with Gasteiger partial charge in [-0.05, 0) is 104 Å². The molecule has 2 saturated heterocycles. The molecule has 9 rings (SSSR count). The Morgan fingerprint density at radius 1 is 0.964 bits per heavy atom. The number of ether oxygens (including phenoxy) is 1. The summed E-state index contributed by atoms with van der Waals surface area (Å²) in [5.74, 6) is -4.11. The highest BCUT2D eigenvalue weighted by Crippen LogP contribution is 2.64. The Morgan fingerprint density at radius 2 is 1.73 bits per heavy atom. The number of rotatable bonds is 7. The number of hydrogen-bond donors (Lipinski definition) is 2. The number of amides is 4. The summed E-state index contributed by atoms with van der Waals surface area (Å²) in [7, 11) is 3.22. The van der Waals surface area contributed by atoms with Gasteiger partial charge in [0.05, 0.1) is 35.2 Å². The second-order valence-electron chi connectivity index (χ2n) is 15.5. The van der Waals surface area contributed by atoms with Crippen molar-refractivity contribution in [1.82, 2.24) is 14.7 Å². The summed E-state index contributed by atoms with van der Waals surface area (Å²) in [6, 6.07) is 19.0. The summed E-state index contributed by atoms with van der Waals surface area (Å²) in [6.45, 7) is 3.96. The van der Waals surface area contributed by atoms with E-state index < -0.39 is 46.8 Å². The van der Waals surface area contributed by atoms with Crippen LogP contribution in [0.2, 0.25) is 5.02 Å². The van der Waals surface area contributed by atoms with Crippen LogP contribution in [0.3, 0.4) is 0 Å². The van der Waals surface area contributed by atoms with E-state index in [1.165, 1.54) is 23.0 Å². The first-order valence-electron chi connectivity index (χ1n) is 18.6. The largest absolute Gasteiger partial charge is 0.508 e. The molecule has 2 aromatic heterocycles. The summed E-state index contributed by atoms with van der Waals surface area (Å²) in [5.41, 5.74) is 2.29. The number of allylic oxidation sites excluding steroid dienone is 2. The van der Waals surface area contributed by atoms with Gasteiger partial charge in [-0.3, -0.25) is 28.8 Å². The van der Waals surface area contributed by atoms with Gasteiger partial charge in [-0.1, -0.05) is 35.4 Å². The third-order valence-corrected chi connectivity index (χ3v) is 14.2. The van der Waals surface area contributed by atoms with Gasteiger partial charge < -0.3 is 14.9 Å². The molecular formula is C43H39ClN4O7S. The fraction of sp³-hybridized carbons (Fsp3) is 0.326. The van der Waals surface area contributed by atoms with Gasteiger partial charge in [0.1, 0.15) is 28.8 Å². The standard InChI is InChI=1S/C43H39ClN4O7S/c1-21-28-17-23(44)7-14-34(28)56-38(21)32-20-35(46(3)45-32)48-40(52)31-19-29-26(37(43(31,2)42(48)54)30-18-25(55-4)10-13-33(30)50)11-12-27-36(29)41(53)47(39(27)51)16-15-22-5-8-24(49)9-6-22/h5-11,13-14,17-18,20,27,29,31,36-37,49-50H,12,15-16,19H2,1-4H3. The number of nitrogens with zero attached hydrogens (tertiary/aromatic N) is 4. The average molecular weight is 791 g/mol. The van der Waals surface area contributed by atoms with Gasteiger partial charge in [-0.25, -0.2) is 4.90 Å². The Bertz CT molecular complexity index is 2540. The van der Waals surface area contributed by atoms with Crippen LogP contribution in [-0.4, -0.2) is 62.2 Å². The minimum atomic E-state index is -1.37. The normalized spacial score (nSPS) is 25.8. The summed E-state index contributed by atoms with van der Waals surface area (Å²) in [4.78, 5) is 61.8. The quantitative estimate of drug-likeness (QED) is 0.131. The maximum Gasteiger partial charge on any atom is 0.242 e. The van der Waals surface area contributed by atoms with E-state index in [0.29, 0.717) is 34.3 Å². The van der Waals surface area contributed by atoms with Crippen molar-refractivity contribution >= 4 is 62.5 Å². The number of halogens is 1. The Balaban J connectivity index is 1.12. The number of likely N-dealkylation sites (tertiary alicyclic amines) is 1. The second kappa shape index (κ2) is 13.1. The summed E-state index contributed by atoms with van der Waals surface area (Å²) in [6.07, 6.45) is 2.85. The lowest BCUT2D eigenvalue weighted by Gasteiger charge is -2.49. The first kappa shape index (κ1) is 36.2. The molecule has 6 unspecified atom stereocenters. The number of hydrogen-bond acceptors (Lipinski definition) is 9.